The highest BCUT2D eigenvalue weighted by Crippen LogP contribution is 2.26. The van der Waals surface area contributed by atoms with E-state index in [2.05, 4.69) is 10.6 Å². The van der Waals surface area contributed by atoms with E-state index in [1.807, 2.05) is 30.7 Å². The molecule has 0 unspecified atom stereocenters. The molecule has 2 heterocycles. The first kappa shape index (κ1) is 26.9. The number of halogens is 1. The summed E-state index contributed by atoms with van der Waals surface area (Å²) in [7, 11) is -2.05. The lowest BCUT2D eigenvalue weighted by Gasteiger charge is -2.29. The van der Waals surface area contributed by atoms with E-state index < -0.39 is 16.1 Å². The van der Waals surface area contributed by atoms with E-state index in [-0.39, 0.29) is 23.3 Å². The standard InChI is InChI=1S/C27H31ClN4O4S/c1-19-6-13-23(31(19)2)17-30-26(33)21-9-7-20(8-10-21)18-32(25-5-3-4-16-29-27(25)34)37(35,36)24-14-11-22(28)12-15-24/h6-15,25H,3-5,16-18H2,1-2H3,(H,29,34)(H,30,33)/t25-/m1/s1. The lowest BCUT2D eigenvalue weighted by atomic mass is 10.1. The zero-order chi connectivity index (χ0) is 26.6. The number of rotatable bonds is 8. The van der Waals surface area contributed by atoms with Gasteiger partial charge in [0.15, 0.2) is 0 Å². The molecule has 2 aromatic carbocycles. The fourth-order valence-electron chi connectivity index (χ4n) is 4.36. The van der Waals surface area contributed by atoms with Crippen LogP contribution in [-0.4, -0.2) is 41.7 Å². The molecule has 3 aromatic rings. The molecular formula is C27H31ClN4O4S. The van der Waals surface area contributed by atoms with E-state index in [0.29, 0.717) is 35.7 Å². The van der Waals surface area contributed by atoms with E-state index in [1.165, 1.54) is 28.6 Å². The van der Waals surface area contributed by atoms with Gasteiger partial charge in [-0.05, 0) is 80.3 Å². The van der Waals surface area contributed by atoms with Crippen molar-refractivity contribution in [1.82, 2.24) is 19.5 Å². The van der Waals surface area contributed by atoms with Gasteiger partial charge in [-0.2, -0.15) is 4.31 Å². The van der Waals surface area contributed by atoms with Crippen LogP contribution in [0.15, 0.2) is 65.6 Å². The molecule has 1 aromatic heterocycles. The first-order valence-corrected chi connectivity index (χ1v) is 14.0. The quantitative estimate of drug-likeness (QED) is 0.452. The van der Waals surface area contributed by atoms with Gasteiger partial charge < -0.3 is 15.2 Å². The molecule has 1 aliphatic heterocycles. The number of benzene rings is 2. The van der Waals surface area contributed by atoms with Crippen LogP contribution in [0.2, 0.25) is 5.02 Å². The van der Waals surface area contributed by atoms with E-state index in [0.717, 1.165) is 24.2 Å². The molecule has 1 fully saturated rings. The highest BCUT2D eigenvalue weighted by atomic mass is 35.5. The maximum absolute atomic E-state index is 13.7. The smallest absolute Gasteiger partial charge is 0.251 e. The predicted octanol–water partition coefficient (Wildman–Crippen LogP) is 3.78. The first-order valence-electron chi connectivity index (χ1n) is 12.2. The Balaban J connectivity index is 1.54. The normalized spacial score (nSPS) is 16.3. The minimum Gasteiger partial charge on any atom is -0.355 e. The molecule has 2 amide bonds. The molecule has 37 heavy (non-hydrogen) atoms. The van der Waals surface area contributed by atoms with E-state index in [1.54, 1.807) is 24.3 Å². The molecular weight excluding hydrogens is 512 g/mol. The maximum atomic E-state index is 13.7. The Morgan fingerprint density at radius 2 is 1.78 bits per heavy atom. The van der Waals surface area contributed by atoms with Crippen molar-refractivity contribution in [1.29, 1.82) is 0 Å². The summed E-state index contributed by atoms with van der Waals surface area (Å²) in [5.74, 6) is -0.527. The Kier molecular flexibility index (Phi) is 8.36. The number of sulfonamides is 1. The van der Waals surface area contributed by atoms with Crippen LogP contribution in [-0.2, 0) is 35.0 Å². The summed E-state index contributed by atoms with van der Waals surface area (Å²) in [4.78, 5) is 25.6. The van der Waals surface area contributed by atoms with Gasteiger partial charge in [-0.15, -0.1) is 0 Å². The molecule has 0 spiro atoms. The van der Waals surface area contributed by atoms with Crippen molar-refractivity contribution in [3.63, 3.8) is 0 Å². The number of carbonyl (C=O) groups excluding carboxylic acids is 2. The van der Waals surface area contributed by atoms with Crippen LogP contribution in [0, 0.1) is 6.92 Å². The third-order valence-electron chi connectivity index (χ3n) is 6.74. The summed E-state index contributed by atoms with van der Waals surface area (Å²) in [6.07, 6.45) is 1.96. The third kappa shape index (κ3) is 6.23. The molecule has 196 valence electrons. The molecule has 0 aliphatic carbocycles. The zero-order valence-electron chi connectivity index (χ0n) is 20.9. The van der Waals surface area contributed by atoms with Gasteiger partial charge in [-0.3, -0.25) is 9.59 Å². The average molecular weight is 543 g/mol. The van der Waals surface area contributed by atoms with Gasteiger partial charge in [-0.1, -0.05) is 23.7 Å². The summed E-state index contributed by atoms with van der Waals surface area (Å²) < 4.78 is 30.6. The molecule has 2 N–H and O–H groups in total. The van der Waals surface area contributed by atoms with Gasteiger partial charge in [0.25, 0.3) is 5.91 Å². The van der Waals surface area contributed by atoms with E-state index in [4.69, 9.17) is 11.6 Å². The molecule has 1 saturated heterocycles. The number of carbonyl (C=O) groups is 2. The van der Waals surface area contributed by atoms with Gasteiger partial charge in [0, 0.05) is 42.1 Å². The van der Waals surface area contributed by atoms with Crippen LogP contribution in [0.3, 0.4) is 0 Å². The summed E-state index contributed by atoms with van der Waals surface area (Å²) in [6.45, 7) is 2.91. The highest BCUT2D eigenvalue weighted by Gasteiger charge is 2.36. The molecule has 0 saturated carbocycles. The summed E-state index contributed by atoms with van der Waals surface area (Å²) in [5.41, 5.74) is 3.24. The van der Waals surface area contributed by atoms with Crippen LogP contribution in [0.1, 0.15) is 46.6 Å². The van der Waals surface area contributed by atoms with Gasteiger partial charge in [-0.25, -0.2) is 8.42 Å². The number of aryl methyl sites for hydroxylation is 1. The second kappa shape index (κ2) is 11.5. The largest absolute Gasteiger partial charge is 0.355 e. The minimum absolute atomic E-state index is 0.00638. The topological polar surface area (TPSA) is 101 Å². The van der Waals surface area contributed by atoms with Crippen molar-refractivity contribution in [2.45, 2.75) is 50.2 Å². The molecule has 0 radical (unpaired) electrons. The molecule has 4 rings (SSSR count). The fourth-order valence-corrected chi connectivity index (χ4v) is 6.09. The summed E-state index contributed by atoms with van der Waals surface area (Å²) in [6, 6.07) is 15.8. The molecule has 1 atom stereocenters. The molecule has 1 aliphatic rings. The Hall–Kier alpha value is -3.14. The van der Waals surface area contributed by atoms with Crippen LogP contribution < -0.4 is 10.6 Å². The van der Waals surface area contributed by atoms with Gasteiger partial charge in [0.05, 0.1) is 11.4 Å². The van der Waals surface area contributed by atoms with Crippen molar-refractivity contribution < 1.29 is 18.0 Å². The van der Waals surface area contributed by atoms with Gasteiger partial charge >= 0.3 is 0 Å². The van der Waals surface area contributed by atoms with Crippen molar-refractivity contribution in [2.24, 2.45) is 7.05 Å². The Labute approximate surface area is 222 Å². The van der Waals surface area contributed by atoms with E-state index in [9.17, 15) is 18.0 Å². The molecule has 8 nitrogen and oxygen atoms in total. The number of hydrogen-bond acceptors (Lipinski definition) is 4. The number of aromatic nitrogens is 1. The lowest BCUT2D eigenvalue weighted by molar-refractivity contribution is -0.124. The van der Waals surface area contributed by atoms with Crippen LogP contribution in [0.4, 0.5) is 0 Å². The molecule has 0 bridgehead atoms. The van der Waals surface area contributed by atoms with Crippen LogP contribution >= 0.6 is 11.6 Å². The zero-order valence-corrected chi connectivity index (χ0v) is 22.5. The Morgan fingerprint density at radius 1 is 1.08 bits per heavy atom. The number of hydrogen-bond donors (Lipinski definition) is 2. The fraction of sp³-hybridized carbons (Fsp3) is 0.333. The summed E-state index contributed by atoms with van der Waals surface area (Å²) >= 11 is 5.96. The molecule has 10 heteroatoms. The Morgan fingerprint density at radius 3 is 2.43 bits per heavy atom. The number of amides is 2. The number of nitrogens with one attached hydrogen (secondary N) is 2. The first-order chi connectivity index (χ1) is 17.7. The number of nitrogens with zero attached hydrogens (tertiary/aromatic N) is 2. The lowest BCUT2D eigenvalue weighted by Crippen LogP contribution is -2.48. The SMILES string of the molecule is Cc1ccc(CNC(=O)c2ccc(CN([C@@H]3CCCCNC3=O)S(=O)(=O)c3ccc(Cl)cc3)cc2)n1C. The van der Waals surface area contributed by atoms with Crippen molar-refractivity contribution in [3.8, 4) is 0 Å². The second-order valence-corrected chi connectivity index (χ2v) is 11.5. The van der Waals surface area contributed by atoms with Crippen molar-refractivity contribution in [3.05, 3.63) is 88.2 Å². The second-order valence-electron chi connectivity index (χ2n) is 9.21. The Bertz CT molecular complexity index is 1370. The van der Waals surface area contributed by atoms with E-state index >= 15 is 0 Å². The minimum atomic E-state index is -4.00. The van der Waals surface area contributed by atoms with Gasteiger partial charge in [0.2, 0.25) is 15.9 Å². The third-order valence-corrected chi connectivity index (χ3v) is 8.86. The monoisotopic (exact) mass is 542 g/mol. The summed E-state index contributed by atoms with van der Waals surface area (Å²) in [5, 5.41) is 6.17. The average Bonchev–Trinajstić information content (AvgIpc) is 3.06. The van der Waals surface area contributed by atoms with Crippen LogP contribution in [0.25, 0.3) is 0 Å². The van der Waals surface area contributed by atoms with Crippen molar-refractivity contribution >= 4 is 33.4 Å². The van der Waals surface area contributed by atoms with Gasteiger partial charge in [0.1, 0.15) is 6.04 Å². The van der Waals surface area contributed by atoms with Crippen molar-refractivity contribution in [2.75, 3.05) is 6.54 Å². The highest BCUT2D eigenvalue weighted by molar-refractivity contribution is 7.89. The maximum Gasteiger partial charge on any atom is 0.251 e. The van der Waals surface area contributed by atoms with Crippen LogP contribution in [0.5, 0.6) is 0 Å². The predicted molar refractivity (Wildman–Crippen MR) is 143 cm³/mol.